The van der Waals surface area contributed by atoms with Crippen LogP contribution in [0, 0.1) is 5.92 Å². The molecule has 0 saturated carbocycles. The van der Waals surface area contributed by atoms with Gasteiger partial charge in [0.25, 0.3) is 5.91 Å². The summed E-state index contributed by atoms with van der Waals surface area (Å²) in [5.41, 5.74) is 2.36. The van der Waals surface area contributed by atoms with Crippen LogP contribution >= 0.6 is 11.6 Å². The molecule has 146 valence electrons. The predicted molar refractivity (Wildman–Crippen MR) is 109 cm³/mol. The third-order valence-corrected chi connectivity index (χ3v) is 5.58. The molecule has 1 aliphatic heterocycles. The first-order chi connectivity index (χ1) is 13.7. The lowest BCUT2D eigenvalue weighted by atomic mass is 10.0. The monoisotopic (exact) mass is 398 g/mol. The lowest BCUT2D eigenvalue weighted by Gasteiger charge is -2.17. The number of rotatable bonds is 6. The Hall–Kier alpha value is -2.44. The molecular weight excluding hydrogens is 376 g/mol. The van der Waals surface area contributed by atoms with Gasteiger partial charge in [0.05, 0.1) is 17.2 Å². The molecule has 7 heteroatoms. The maximum atomic E-state index is 12.8. The Bertz CT molecular complexity index is 987. The van der Waals surface area contributed by atoms with Crippen LogP contribution < -0.4 is 0 Å². The Kier molecular flexibility index (Phi) is 5.59. The maximum absolute atomic E-state index is 12.8. The van der Waals surface area contributed by atoms with E-state index >= 15 is 0 Å². The number of fused-ring (bicyclic) bond motifs is 1. The van der Waals surface area contributed by atoms with Crippen molar-refractivity contribution in [3.05, 3.63) is 59.0 Å². The summed E-state index contributed by atoms with van der Waals surface area (Å²) >= 11 is 6.20. The van der Waals surface area contributed by atoms with Crippen LogP contribution in [0.5, 0.6) is 0 Å². The SMILES string of the molecule is COCCn1c(C[C@H]2CCN(C(=O)c3ccccc3Cl)C2)nc2cccnc21. The van der Waals surface area contributed by atoms with Gasteiger partial charge < -0.3 is 14.2 Å². The highest BCUT2D eigenvalue weighted by Crippen LogP contribution is 2.26. The number of carbonyl (C=O) groups excluding carboxylic acids is 1. The van der Waals surface area contributed by atoms with Crippen LogP contribution in [0.15, 0.2) is 42.6 Å². The molecule has 3 aromatic rings. The van der Waals surface area contributed by atoms with Crippen molar-refractivity contribution in [2.24, 2.45) is 5.92 Å². The fourth-order valence-corrected chi connectivity index (χ4v) is 4.04. The van der Waals surface area contributed by atoms with Gasteiger partial charge in [-0.2, -0.15) is 0 Å². The number of likely N-dealkylation sites (tertiary alicyclic amines) is 1. The van der Waals surface area contributed by atoms with E-state index < -0.39 is 0 Å². The number of methoxy groups -OCH3 is 1. The van der Waals surface area contributed by atoms with E-state index in [0.717, 1.165) is 36.4 Å². The summed E-state index contributed by atoms with van der Waals surface area (Å²) in [7, 11) is 1.70. The summed E-state index contributed by atoms with van der Waals surface area (Å²) in [6.07, 6.45) is 3.56. The largest absolute Gasteiger partial charge is 0.383 e. The minimum atomic E-state index is 0.00246. The molecular formula is C21H23ClN4O2. The summed E-state index contributed by atoms with van der Waals surface area (Å²) in [6.45, 7) is 2.78. The number of imidazole rings is 1. The standard InChI is InChI=1S/C21H23ClN4O2/c1-28-12-11-26-19(24-18-7-4-9-23-20(18)26)13-15-8-10-25(14-15)21(27)16-5-2-3-6-17(16)22/h2-7,9,15H,8,10-14H2,1H3/t15-/m1/s1. The normalized spacial score (nSPS) is 16.8. The van der Waals surface area contributed by atoms with Gasteiger partial charge in [-0.25, -0.2) is 9.97 Å². The van der Waals surface area contributed by atoms with Gasteiger partial charge in [0.1, 0.15) is 11.3 Å². The zero-order valence-electron chi connectivity index (χ0n) is 15.8. The van der Waals surface area contributed by atoms with E-state index in [-0.39, 0.29) is 5.91 Å². The van der Waals surface area contributed by atoms with Crippen molar-refractivity contribution in [1.29, 1.82) is 0 Å². The Morgan fingerprint density at radius 3 is 2.96 bits per heavy atom. The molecule has 4 rings (SSSR count). The van der Waals surface area contributed by atoms with Gasteiger partial charge in [-0.1, -0.05) is 23.7 Å². The molecule has 28 heavy (non-hydrogen) atoms. The molecule has 0 N–H and O–H groups in total. The third-order valence-electron chi connectivity index (χ3n) is 5.25. The van der Waals surface area contributed by atoms with Crippen LogP contribution in [0.3, 0.4) is 0 Å². The number of nitrogens with zero attached hydrogens (tertiary/aromatic N) is 4. The average molecular weight is 399 g/mol. The second-order valence-electron chi connectivity index (χ2n) is 7.11. The van der Waals surface area contributed by atoms with Crippen molar-refractivity contribution in [1.82, 2.24) is 19.4 Å². The van der Waals surface area contributed by atoms with E-state index in [4.69, 9.17) is 21.3 Å². The second kappa shape index (κ2) is 8.29. The van der Waals surface area contributed by atoms with Crippen molar-refractivity contribution in [3.8, 4) is 0 Å². The molecule has 1 saturated heterocycles. The number of halogens is 1. The zero-order valence-corrected chi connectivity index (χ0v) is 16.6. The number of benzene rings is 1. The topological polar surface area (TPSA) is 60.2 Å². The maximum Gasteiger partial charge on any atom is 0.255 e. The highest BCUT2D eigenvalue weighted by atomic mass is 35.5. The van der Waals surface area contributed by atoms with E-state index in [0.29, 0.717) is 36.2 Å². The Morgan fingerprint density at radius 2 is 2.14 bits per heavy atom. The molecule has 1 amide bonds. The summed E-state index contributed by atoms with van der Waals surface area (Å²) in [5.74, 6) is 1.37. The number of pyridine rings is 1. The van der Waals surface area contributed by atoms with Crippen LogP contribution in [0.4, 0.5) is 0 Å². The van der Waals surface area contributed by atoms with Crippen molar-refractivity contribution >= 4 is 28.7 Å². The number of hydrogen-bond acceptors (Lipinski definition) is 4. The average Bonchev–Trinajstić information content (AvgIpc) is 3.31. The molecule has 1 atom stereocenters. The van der Waals surface area contributed by atoms with E-state index in [1.807, 2.05) is 29.2 Å². The number of hydrogen-bond donors (Lipinski definition) is 0. The highest BCUT2D eigenvalue weighted by Gasteiger charge is 2.29. The van der Waals surface area contributed by atoms with Crippen molar-refractivity contribution in [2.45, 2.75) is 19.4 Å². The quantitative estimate of drug-likeness (QED) is 0.638. The van der Waals surface area contributed by atoms with E-state index in [1.165, 1.54) is 0 Å². The minimum Gasteiger partial charge on any atom is -0.383 e. The van der Waals surface area contributed by atoms with Gasteiger partial charge >= 0.3 is 0 Å². The van der Waals surface area contributed by atoms with Crippen molar-refractivity contribution in [2.75, 3.05) is 26.8 Å². The zero-order chi connectivity index (χ0) is 19.5. The predicted octanol–water partition coefficient (Wildman–Crippen LogP) is 3.44. The highest BCUT2D eigenvalue weighted by molar-refractivity contribution is 6.33. The molecule has 1 fully saturated rings. The van der Waals surface area contributed by atoms with Gasteiger partial charge in [-0.05, 0) is 36.6 Å². The van der Waals surface area contributed by atoms with Crippen molar-refractivity contribution < 1.29 is 9.53 Å². The summed E-state index contributed by atoms with van der Waals surface area (Å²) in [4.78, 5) is 24.0. The van der Waals surface area contributed by atoms with Crippen LogP contribution in [-0.2, 0) is 17.7 Å². The molecule has 0 radical (unpaired) electrons. The fraction of sp³-hybridized carbons (Fsp3) is 0.381. The number of ether oxygens (including phenoxy) is 1. The van der Waals surface area contributed by atoms with Crippen molar-refractivity contribution in [3.63, 3.8) is 0 Å². The molecule has 0 bridgehead atoms. The van der Waals surface area contributed by atoms with E-state index in [9.17, 15) is 4.79 Å². The Labute approximate surface area is 169 Å². The summed E-state index contributed by atoms with van der Waals surface area (Å²) in [6, 6.07) is 11.1. The smallest absolute Gasteiger partial charge is 0.255 e. The Morgan fingerprint density at radius 1 is 1.29 bits per heavy atom. The van der Waals surface area contributed by atoms with E-state index in [1.54, 1.807) is 25.4 Å². The molecule has 3 heterocycles. The minimum absolute atomic E-state index is 0.00246. The van der Waals surface area contributed by atoms with Gasteiger partial charge in [-0.3, -0.25) is 4.79 Å². The molecule has 0 spiro atoms. The summed E-state index contributed by atoms with van der Waals surface area (Å²) in [5, 5.41) is 0.503. The molecule has 0 aliphatic carbocycles. The number of amides is 1. The number of aromatic nitrogens is 3. The van der Waals surface area contributed by atoms with Crippen LogP contribution in [-0.4, -0.2) is 52.1 Å². The second-order valence-corrected chi connectivity index (χ2v) is 7.52. The molecule has 1 aliphatic rings. The summed E-state index contributed by atoms with van der Waals surface area (Å²) < 4.78 is 7.39. The molecule has 6 nitrogen and oxygen atoms in total. The van der Waals surface area contributed by atoms with Crippen LogP contribution in [0.1, 0.15) is 22.6 Å². The molecule has 1 aromatic carbocycles. The van der Waals surface area contributed by atoms with E-state index in [2.05, 4.69) is 9.55 Å². The molecule has 0 unspecified atom stereocenters. The van der Waals surface area contributed by atoms with Crippen LogP contribution in [0.25, 0.3) is 11.2 Å². The van der Waals surface area contributed by atoms with Crippen LogP contribution in [0.2, 0.25) is 5.02 Å². The first-order valence-corrected chi connectivity index (χ1v) is 9.88. The lowest BCUT2D eigenvalue weighted by molar-refractivity contribution is 0.0787. The molecule has 2 aromatic heterocycles. The van der Waals surface area contributed by atoms with Gasteiger partial charge in [0.2, 0.25) is 0 Å². The van der Waals surface area contributed by atoms with Gasteiger partial charge in [0.15, 0.2) is 5.65 Å². The van der Waals surface area contributed by atoms with Gasteiger partial charge in [-0.15, -0.1) is 0 Å². The lowest BCUT2D eigenvalue weighted by Crippen LogP contribution is -2.29. The third kappa shape index (κ3) is 3.75. The fourth-order valence-electron chi connectivity index (χ4n) is 3.83. The number of carbonyl (C=O) groups is 1. The Balaban J connectivity index is 1.50. The first kappa shape index (κ1) is 18.9. The van der Waals surface area contributed by atoms with Gasteiger partial charge in [0, 0.05) is 39.4 Å². The first-order valence-electron chi connectivity index (χ1n) is 9.50.